The van der Waals surface area contributed by atoms with Crippen molar-refractivity contribution in [3.63, 3.8) is 0 Å². The lowest BCUT2D eigenvalue weighted by Crippen LogP contribution is -2.42. The maximum absolute atomic E-state index is 11.9. The average Bonchev–Trinajstić information content (AvgIpc) is 2.41. The van der Waals surface area contributed by atoms with Crippen LogP contribution in [-0.4, -0.2) is 28.5 Å². The average molecular weight is 290 g/mol. The van der Waals surface area contributed by atoms with Crippen LogP contribution in [0.2, 0.25) is 18.1 Å². The third-order valence-corrected chi connectivity index (χ3v) is 9.42. The van der Waals surface area contributed by atoms with E-state index in [9.17, 15) is 13.2 Å². The number of carbonyl (C=O) groups is 1. The molecule has 1 aliphatic heterocycles. The molecule has 18 heavy (non-hydrogen) atoms. The normalized spacial score (nSPS) is 23.1. The summed E-state index contributed by atoms with van der Waals surface area (Å²) >= 11 is 0. The van der Waals surface area contributed by atoms with E-state index in [0.717, 1.165) is 0 Å². The zero-order valence-corrected chi connectivity index (χ0v) is 13.5. The summed E-state index contributed by atoms with van der Waals surface area (Å²) in [6.07, 6.45) is 1.74. The van der Waals surface area contributed by atoms with Gasteiger partial charge in [-0.1, -0.05) is 26.8 Å². The molecular formula is C12H22O4SSi. The van der Waals surface area contributed by atoms with E-state index >= 15 is 0 Å². The first-order valence-electron chi connectivity index (χ1n) is 6.06. The van der Waals surface area contributed by atoms with Crippen molar-refractivity contribution in [3.8, 4) is 0 Å². The zero-order chi connectivity index (χ0) is 14.2. The highest BCUT2D eigenvalue weighted by atomic mass is 32.2. The van der Waals surface area contributed by atoms with Gasteiger partial charge in [0.15, 0.2) is 9.84 Å². The van der Waals surface area contributed by atoms with E-state index in [4.69, 9.17) is 4.43 Å². The van der Waals surface area contributed by atoms with Crippen LogP contribution < -0.4 is 0 Å². The Kier molecular flexibility index (Phi) is 4.12. The highest BCUT2D eigenvalue weighted by molar-refractivity contribution is 7.94. The Balaban J connectivity index is 2.57. The van der Waals surface area contributed by atoms with E-state index in [1.807, 2.05) is 13.1 Å². The lowest BCUT2D eigenvalue weighted by Gasteiger charge is -2.35. The van der Waals surface area contributed by atoms with Crippen LogP contribution in [0.1, 0.15) is 27.2 Å². The summed E-state index contributed by atoms with van der Waals surface area (Å²) in [5.74, 6) is -0.486. The molecule has 1 atom stereocenters. The smallest absolute Gasteiger partial charge is 0.293 e. The molecule has 0 spiro atoms. The summed E-state index contributed by atoms with van der Waals surface area (Å²) in [6, 6.07) is 0. The quantitative estimate of drug-likeness (QED) is 0.749. The molecule has 1 aliphatic rings. The van der Waals surface area contributed by atoms with Gasteiger partial charge in [-0.05, 0) is 18.1 Å². The van der Waals surface area contributed by atoms with Crippen molar-refractivity contribution in [3.05, 3.63) is 11.5 Å². The van der Waals surface area contributed by atoms with Crippen LogP contribution in [0.25, 0.3) is 0 Å². The Morgan fingerprint density at radius 2 is 1.94 bits per heavy atom. The van der Waals surface area contributed by atoms with Gasteiger partial charge in [0.05, 0.1) is 12.2 Å². The van der Waals surface area contributed by atoms with Crippen LogP contribution in [0.3, 0.4) is 0 Å². The number of hydrogen-bond donors (Lipinski definition) is 0. The third-order valence-electron chi connectivity index (χ3n) is 3.61. The van der Waals surface area contributed by atoms with Gasteiger partial charge in [-0.25, -0.2) is 8.42 Å². The molecule has 0 amide bonds. The molecule has 4 nitrogen and oxygen atoms in total. The number of hydrogen-bond acceptors (Lipinski definition) is 4. The van der Waals surface area contributed by atoms with E-state index in [1.165, 1.54) is 5.41 Å². The van der Waals surface area contributed by atoms with Gasteiger partial charge in [0.25, 0.3) is 14.3 Å². The molecule has 0 aromatic rings. The van der Waals surface area contributed by atoms with E-state index in [-0.39, 0.29) is 29.1 Å². The Morgan fingerprint density at radius 1 is 1.39 bits per heavy atom. The molecule has 0 aliphatic carbocycles. The second-order valence-corrected chi connectivity index (χ2v) is 13.0. The van der Waals surface area contributed by atoms with E-state index in [1.54, 1.807) is 6.08 Å². The van der Waals surface area contributed by atoms with Crippen molar-refractivity contribution >= 4 is 24.1 Å². The first kappa shape index (κ1) is 15.4. The molecule has 6 heteroatoms. The molecule has 1 unspecified atom stereocenters. The SMILES string of the molecule is CC(C)(C)[Si](C)(C)OC(=O)CC1C=CS(=O)(=O)C1. The van der Waals surface area contributed by atoms with Gasteiger partial charge in [-0.3, -0.25) is 4.79 Å². The minimum Gasteiger partial charge on any atom is -0.519 e. The first-order valence-corrected chi connectivity index (χ1v) is 10.7. The Bertz CT molecular complexity index is 457. The van der Waals surface area contributed by atoms with Gasteiger partial charge in [0.1, 0.15) is 0 Å². The summed E-state index contributed by atoms with van der Waals surface area (Å²) in [6.45, 7) is 10.2. The predicted molar refractivity (Wildman–Crippen MR) is 74.3 cm³/mol. The van der Waals surface area contributed by atoms with Crippen LogP contribution in [0.5, 0.6) is 0 Å². The fourth-order valence-electron chi connectivity index (χ4n) is 1.46. The van der Waals surface area contributed by atoms with Crippen molar-refractivity contribution in [2.24, 2.45) is 5.92 Å². The van der Waals surface area contributed by atoms with Gasteiger partial charge >= 0.3 is 0 Å². The van der Waals surface area contributed by atoms with Crippen molar-refractivity contribution in [2.45, 2.75) is 45.3 Å². The Labute approximate surface area is 110 Å². The molecule has 1 heterocycles. The molecule has 0 saturated carbocycles. The largest absolute Gasteiger partial charge is 0.519 e. The van der Waals surface area contributed by atoms with Crippen LogP contribution in [0, 0.1) is 5.92 Å². The topological polar surface area (TPSA) is 60.4 Å². The highest BCUT2D eigenvalue weighted by Gasteiger charge is 2.40. The van der Waals surface area contributed by atoms with E-state index < -0.39 is 18.2 Å². The Morgan fingerprint density at radius 3 is 2.33 bits per heavy atom. The molecule has 0 N–H and O–H groups in total. The standard InChI is InChI=1S/C12H22O4SSi/c1-12(2,3)18(4,5)16-11(13)8-10-6-7-17(14,15)9-10/h6-7,10H,8-9H2,1-5H3. The summed E-state index contributed by atoms with van der Waals surface area (Å²) in [5.41, 5.74) is 0. The Hall–Kier alpha value is -0.623. The molecule has 104 valence electrons. The number of rotatable bonds is 3. The van der Waals surface area contributed by atoms with Gasteiger partial charge in [-0.2, -0.15) is 0 Å². The van der Waals surface area contributed by atoms with Crippen molar-refractivity contribution in [2.75, 3.05) is 5.75 Å². The van der Waals surface area contributed by atoms with Gasteiger partial charge in [0.2, 0.25) is 0 Å². The summed E-state index contributed by atoms with van der Waals surface area (Å²) in [4.78, 5) is 11.9. The summed E-state index contributed by atoms with van der Waals surface area (Å²) in [5, 5.41) is 1.16. The highest BCUT2D eigenvalue weighted by Crippen LogP contribution is 2.37. The van der Waals surface area contributed by atoms with E-state index in [0.29, 0.717) is 0 Å². The second-order valence-electron chi connectivity index (χ2n) is 6.36. The van der Waals surface area contributed by atoms with Crippen LogP contribution in [0.4, 0.5) is 0 Å². The molecule has 0 aromatic carbocycles. The van der Waals surface area contributed by atoms with Crippen LogP contribution in [-0.2, 0) is 19.1 Å². The maximum atomic E-state index is 11.9. The number of carbonyl (C=O) groups excluding carboxylic acids is 1. The predicted octanol–water partition coefficient (Wildman–Crippen LogP) is 2.48. The maximum Gasteiger partial charge on any atom is 0.293 e. The molecule has 1 rings (SSSR count). The van der Waals surface area contributed by atoms with Gasteiger partial charge < -0.3 is 4.43 Å². The number of allylic oxidation sites excluding steroid dienone is 1. The van der Waals surface area contributed by atoms with Gasteiger partial charge in [-0.15, -0.1) is 0 Å². The van der Waals surface area contributed by atoms with Gasteiger partial charge in [0, 0.05) is 11.3 Å². The molecule has 0 bridgehead atoms. The van der Waals surface area contributed by atoms with Crippen LogP contribution in [0.15, 0.2) is 11.5 Å². The lowest BCUT2D eigenvalue weighted by molar-refractivity contribution is -0.136. The number of sulfone groups is 1. The van der Waals surface area contributed by atoms with Crippen molar-refractivity contribution in [1.82, 2.24) is 0 Å². The zero-order valence-electron chi connectivity index (χ0n) is 11.7. The lowest BCUT2D eigenvalue weighted by atomic mass is 10.1. The monoisotopic (exact) mass is 290 g/mol. The fraction of sp³-hybridized carbons (Fsp3) is 0.750. The van der Waals surface area contributed by atoms with Crippen LogP contribution >= 0.6 is 0 Å². The molecule has 0 radical (unpaired) electrons. The molecule has 0 fully saturated rings. The second kappa shape index (κ2) is 4.81. The molecule has 0 aromatic heterocycles. The van der Waals surface area contributed by atoms with E-state index in [2.05, 4.69) is 20.8 Å². The fourth-order valence-corrected chi connectivity index (χ4v) is 3.82. The summed E-state index contributed by atoms with van der Waals surface area (Å²) in [7, 11) is -5.19. The van der Waals surface area contributed by atoms with Crippen molar-refractivity contribution in [1.29, 1.82) is 0 Å². The minimum atomic E-state index is -3.09. The third kappa shape index (κ3) is 3.95. The molecule has 0 saturated heterocycles. The first-order chi connectivity index (χ1) is 7.93. The molecular weight excluding hydrogens is 268 g/mol. The minimum absolute atomic E-state index is 0.0274. The van der Waals surface area contributed by atoms with Crippen molar-refractivity contribution < 1.29 is 17.6 Å². The summed E-state index contributed by atoms with van der Waals surface area (Å²) < 4.78 is 28.1.